The zero-order valence-corrected chi connectivity index (χ0v) is 7.09. The maximum Gasteiger partial charge on any atom is 0.265 e. The Morgan fingerprint density at radius 1 is 1.62 bits per heavy atom. The summed E-state index contributed by atoms with van der Waals surface area (Å²) >= 11 is 0. The fourth-order valence-corrected chi connectivity index (χ4v) is 1.03. The lowest BCUT2D eigenvalue weighted by atomic mass is 10.1. The predicted molar refractivity (Wildman–Crippen MR) is 43.2 cm³/mol. The van der Waals surface area contributed by atoms with E-state index in [1.54, 1.807) is 6.92 Å². The third-order valence-corrected chi connectivity index (χ3v) is 1.70. The number of nitriles is 1. The Hall–Kier alpha value is -1.50. The van der Waals surface area contributed by atoms with Crippen LogP contribution in [0.3, 0.4) is 0 Å². The van der Waals surface area contributed by atoms with Crippen molar-refractivity contribution in [1.29, 1.82) is 5.26 Å². The van der Waals surface area contributed by atoms with Crippen LogP contribution in [0.25, 0.3) is 0 Å². The average molecular weight is 182 g/mol. The molecule has 1 rings (SSSR count). The van der Waals surface area contributed by atoms with Crippen LogP contribution in [0.2, 0.25) is 0 Å². The molecule has 13 heavy (non-hydrogen) atoms. The van der Waals surface area contributed by atoms with E-state index in [2.05, 4.69) is 4.98 Å². The Balaban J connectivity index is 3.00. The molecule has 0 radical (unpaired) electrons. The fraction of sp³-hybridized carbons (Fsp3) is 0.333. The van der Waals surface area contributed by atoms with E-state index in [0.717, 1.165) is 6.20 Å². The molecule has 1 aromatic heterocycles. The number of aryl methyl sites for hydroxylation is 1. The van der Waals surface area contributed by atoms with E-state index in [0.29, 0.717) is 11.3 Å². The first kappa shape index (κ1) is 9.59. The number of alkyl halides is 2. The van der Waals surface area contributed by atoms with Gasteiger partial charge in [-0.2, -0.15) is 5.26 Å². The maximum absolute atomic E-state index is 12.2. The van der Waals surface area contributed by atoms with Crippen molar-refractivity contribution in [2.45, 2.75) is 19.8 Å². The molecule has 0 spiro atoms. The molecule has 0 aliphatic heterocycles. The SMILES string of the molecule is Cc1cc(CC#N)ncc1C(F)F. The van der Waals surface area contributed by atoms with Crippen molar-refractivity contribution in [1.82, 2.24) is 4.98 Å². The molecule has 0 bridgehead atoms. The van der Waals surface area contributed by atoms with Crippen LogP contribution in [0, 0.1) is 18.3 Å². The molecule has 0 saturated heterocycles. The summed E-state index contributed by atoms with van der Waals surface area (Å²) in [6.45, 7) is 1.59. The van der Waals surface area contributed by atoms with E-state index < -0.39 is 6.43 Å². The Morgan fingerprint density at radius 3 is 2.77 bits per heavy atom. The van der Waals surface area contributed by atoms with E-state index in [-0.39, 0.29) is 12.0 Å². The van der Waals surface area contributed by atoms with Gasteiger partial charge >= 0.3 is 0 Å². The van der Waals surface area contributed by atoms with Gasteiger partial charge in [0, 0.05) is 11.8 Å². The largest absolute Gasteiger partial charge is 0.265 e. The Labute approximate surface area is 74.8 Å². The van der Waals surface area contributed by atoms with Crippen molar-refractivity contribution in [3.05, 3.63) is 29.1 Å². The number of hydrogen-bond acceptors (Lipinski definition) is 2. The summed E-state index contributed by atoms with van der Waals surface area (Å²) in [7, 11) is 0. The number of hydrogen-bond donors (Lipinski definition) is 0. The van der Waals surface area contributed by atoms with Gasteiger partial charge in [-0.15, -0.1) is 0 Å². The average Bonchev–Trinajstić information content (AvgIpc) is 2.04. The van der Waals surface area contributed by atoms with Gasteiger partial charge in [-0.25, -0.2) is 8.78 Å². The molecule has 2 nitrogen and oxygen atoms in total. The van der Waals surface area contributed by atoms with Crippen LogP contribution >= 0.6 is 0 Å². The minimum Gasteiger partial charge on any atom is -0.260 e. The molecule has 1 heterocycles. The summed E-state index contributed by atoms with van der Waals surface area (Å²) in [6.07, 6.45) is -1.21. The van der Waals surface area contributed by atoms with Gasteiger partial charge in [0.15, 0.2) is 0 Å². The third-order valence-electron chi connectivity index (χ3n) is 1.70. The van der Waals surface area contributed by atoms with E-state index in [4.69, 9.17) is 5.26 Å². The molecule has 0 aliphatic carbocycles. The van der Waals surface area contributed by atoms with Gasteiger partial charge in [0.25, 0.3) is 6.43 Å². The van der Waals surface area contributed by atoms with Crippen LogP contribution in [-0.2, 0) is 6.42 Å². The topological polar surface area (TPSA) is 36.7 Å². The molecule has 4 heteroatoms. The van der Waals surface area contributed by atoms with Crippen LogP contribution < -0.4 is 0 Å². The fourth-order valence-electron chi connectivity index (χ4n) is 1.03. The highest BCUT2D eigenvalue weighted by molar-refractivity contribution is 5.27. The van der Waals surface area contributed by atoms with Gasteiger partial charge in [0.2, 0.25) is 0 Å². The monoisotopic (exact) mass is 182 g/mol. The van der Waals surface area contributed by atoms with Crippen molar-refractivity contribution in [3.8, 4) is 6.07 Å². The zero-order chi connectivity index (χ0) is 9.84. The van der Waals surface area contributed by atoms with E-state index in [1.807, 2.05) is 6.07 Å². The highest BCUT2D eigenvalue weighted by Gasteiger charge is 2.10. The van der Waals surface area contributed by atoms with Crippen molar-refractivity contribution in [2.24, 2.45) is 0 Å². The van der Waals surface area contributed by atoms with Gasteiger partial charge in [-0.3, -0.25) is 4.98 Å². The normalized spacial score (nSPS) is 10.1. The van der Waals surface area contributed by atoms with Crippen LogP contribution in [0.15, 0.2) is 12.3 Å². The van der Waals surface area contributed by atoms with Gasteiger partial charge in [0.1, 0.15) is 0 Å². The van der Waals surface area contributed by atoms with Gasteiger partial charge in [-0.05, 0) is 18.6 Å². The lowest BCUT2D eigenvalue weighted by molar-refractivity contribution is 0.150. The second-order valence-electron chi connectivity index (χ2n) is 2.67. The third kappa shape index (κ3) is 2.22. The smallest absolute Gasteiger partial charge is 0.260 e. The summed E-state index contributed by atoms with van der Waals surface area (Å²) < 4.78 is 24.5. The molecular weight excluding hydrogens is 174 g/mol. The minimum atomic E-state index is -2.50. The molecule has 0 N–H and O–H groups in total. The number of aromatic nitrogens is 1. The van der Waals surface area contributed by atoms with Gasteiger partial charge < -0.3 is 0 Å². The molecule has 0 atom stereocenters. The summed E-state index contributed by atoms with van der Waals surface area (Å²) in [4.78, 5) is 3.75. The maximum atomic E-state index is 12.2. The molecule has 68 valence electrons. The standard InChI is InChI=1S/C9H8F2N2/c1-6-4-7(2-3-12)13-5-8(6)9(10)11/h4-5,9H,2H2,1H3. The first-order valence-electron chi connectivity index (χ1n) is 3.75. The van der Waals surface area contributed by atoms with E-state index in [1.165, 1.54) is 6.07 Å². The minimum absolute atomic E-state index is 0.0679. The zero-order valence-electron chi connectivity index (χ0n) is 7.09. The molecule has 0 amide bonds. The van der Waals surface area contributed by atoms with Crippen molar-refractivity contribution >= 4 is 0 Å². The lowest BCUT2D eigenvalue weighted by Crippen LogP contribution is -1.95. The highest BCUT2D eigenvalue weighted by atomic mass is 19.3. The molecule has 0 unspecified atom stereocenters. The second kappa shape index (κ2) is 3.94. The Kier molecular flexibility index (Phi) is 2.91. The summed E-state index contributed by atoms with van der Waals surface area (Å²) in [6, 6.07) is 3.43. The van der Waals surface area contributed by atoms with Crippen molar-refractivity contribution in [2.75, 3.05) is 0 Å². The summed E-state index contributed by atoms with van der Waals surface area (Å²) in [5, 5.41) is 8.35. The van der Waals surface area contributed by atoms with Crippen LogP contribution in [0.1, 0.15) is 23.2 Å². The molecular formula is C9H8F2N2. The first-order chi connectivity index (χ1) is 6.15. The van der Waals surface area contributed by atoms with E-state index >= 15 is 0 Å². The number of pyridine rings is 1. The summed E-state index contributed by atoms with van der Waals surface area (Å²) in [5.74, 6) is 0. The van der Waals surface area contributed by atoms with Crippen LogP contribution in [0.5, 0.6) is 0 Å². The quantitative estimate of drug-likeness (QED) is 0.704. The van der Waals surface area contributed by atoms with Gasteiger partial charge in [-0.1, -0.05) is 0 Å². The molecule has 0 fully saturated rings. The van der Waals surface area contributed by atoms with E-state index in [9.17, 15) is 8.78 Å². The highest BCUT2D eigenvalue weighted by Crippen LogP contribution is 2.21. The lowest BCUT2D eigenvalue weighted by Gasteiger charge is -2.04. The Bertz CT molecular complexity index is 342. The second-order valence-corrected chi connectivity index (χ2v) is 2.67. The first-order valence-corrected chi connectivity index (χ1v) is 3.75. The Morgan fingerprint density at radius 2 is 2.31 bits per heavy atom. The molecule has 1 aromatic rings. The molecule has 0 saturated carbocycles. The number of halogens is 2. The van der Waals surface area contributed by atoms with Gasteiger partial charge in [0.05, 0.1) is 18.2 Å². The number of rotatable bonds is 2. The molecule has 0 aromatic carbocycles. The summed E-state index contributed by atoms with van der Waals surface area (Å²) in [5.41, 5.74) is 0.946. The van der Waals surface area contributed by atoms with Crippen molar-refractivity contribution < 1.29 is 8.78 Å². The van der Waals surface area contributed by atoms with Crippen LogP contribution in [0.4, 0.5) is 8.78 Å². The van der Waals surface area contributed by atoms with Crippen molar-refractivity contribution in [3.63, 3.8) is 0 Å². The molecule has 0 aliphatic rings. The van der Waals surface area contributed by atoms with Crippen LogP contribution in [-0.4, -0.2) is 4.98 Å². The number of nitrogens with zero attached hydrogens (tertiary/aromatic N) is 2. The predicted octanol–water partition coefficient (Wildman–Crippen LogP) is 2.39.